The molecule has 1 aromatic rings. The predicted octanol–water partition coefficient (Wildman–Crippen LogP) is 2.78. The molecule has 90 valence electrons. The molecule has 0 radical (unpaired) electrons. The molecule has 2 N–H and O–H groups in total. The molecule has 1 aliphatic rings. The van der Waals surface area contributed by atoms with E-state index in [1.54, 1.807) is 12.1 Å². The number of nitrogens with zero attached hydrogens (tertiary/aromatic N) is 1. The lowest BCUT2D eigenvalue weighted by molar-refractivity contribution is -0.0510. The van der Waals surface area contributed by atoms with Crippen LogP contribution in [0.25, 0.3) is 0 Å². The van der Waals surface area contributed by atoms with Gasteiger partial charge in [0, 0.05) is 16.5 Å². The van der Waals surface area contributed by atoms with Crippen molar-refractivity contribution in [1.29, 1.82) is 5.26 Å². The molecule has 2 rings (SSSR count). The Morgan fingerprint density at radius 1 is 1.53 bits per heavy atom. The van der Waals surface area contributed by atoms with Crippen LogP contribution in [0.1, 0.15) is 25.8 Å². The van der Waals surface area contributed by atoms with E-state index in [4.69, 9.17) is 16.9 Å². The highest BCUT2D eigenvalue weighted by atomic mass is 35.5. The van der Waals surface area contributed by atoms with Crippen LogP contribution >= 0.6 is 11.6 Å². The average Bonchev–Trinajstić information content (AvgIpc) is 2.30. The molecule has 2 unspecified atom stereocenters. The highest BCUT2D eigenvalue weighted by molar-refractivity contribution is 6.30. The van der Waals surface area contributed by atoms with Gasteiger partial charge in [-0.25, -0.2) is 0 Å². The largest absolute Gasteiger partial charge is 0.392 e. The SMILES string of the molecule is CC1(C)C(O)CC1Nc1ccc(Cl)cc1C#N. The number of aliphatic hydroxyl groups is 1. The molecule has 1 aromatic carbocycles. The molecule has 0 spiro atoms. The predicted molar refractivity (Wildman–Crippen MR) is 68.0 cm³/mol. The Morgan fingerprint density at radius 3 is 2.76 bits per heavy atom. The van der Waals surface area contributed by atoms with Crippen molar-refractivity contribution in [2.45, 2.75) is 32.4 Å². The van der Waals surface area contributed by atoms with Crippen molar-refractivity contribution in [1.82, 2.24) is 0 Å². The van der Waals surface area contributed by atoms with E-state index in [2.05, 4.69) is 11.4 Å². The third kappa shape index (κ3) is 2.11. The molecule has 1 saturated carbocycles. The number of rotatable bonds is 2. The molecule has 3 nitrogen and oxygen atoms in total. The second-order valence-electron chi connectivity index (χ2n) is 5.07. The number of halogens is 1. The molecule has 0 amide bonds. The van der Waals surface area contributed by atoms with Crippen molar-refractivity contribution in [3.05, 3.63) is 28.8 Å². The van der Waals surface area contributed by atoms with Crippen LogP contribution in [-0.2, 0) is 0 Å². The number of hydrogen-bond donors (Lipinski definition) is 2. The molecule has 17 heavy (non-hydrogen) atoms. The molecule has 0 heterocycles. The van der Waals surface area contributed by atoms with Crippen molar-refractivity contribution in [3.8, 4) is 6.07 Å². The Hall–Kier alpha value is -1.24. The van der Waals surface area contributed by atoms with E-state index in [1.165, 1.54) is 0 Å². The summed E-state index contributed by atoms with van der Waals surface area (Å²) in [6.45, 7) is 4.03. The lowest BCUT2D eigenvalue weighted by Crippen LogP contribution is -2.56. The van der Waals surface area contributed by atoms with Crippen LogP contribution < -0.4 is 5.32 Å². The first-order chi connectivity index (χ1) is 7.95. The van der Waals surface area contributed by atoms with Crippen molar-refractivity contribution in [2.24, 2.45) is 5.41 Å². The molecular formula is C13H15ClN2O. The van der Waals surface area contributed by atoms with E-state index in [9.17, 15) is 5.11 Å². The van der Waals surface area contributed by atoms with Crippen LogP contribution in [0.3, 0.4) is 0 Å². The number of anilines is 1. The van der Waals surface area contributed by atoms with Crippen LogP contribution in [0.2, 0.25) is 5.02 Å². The zero-order chi connectivity index (χ0) is 12.6. The topological polar surface area (TPSA) is 56.0 Å². The minimum atomic E-state index is -0.280. The van der Waals surface area contributed by atoms with E-state index in [0.29, 0.717) is 17.0 Å². The van der Waals surface area contributed by atoms with Gasteiger partial charge in [0.25, 0.3) is 0 Å². The summed E-state index contributed by atoms with van der Waals surface area (Å²) in [5, 5.41) is 22.6. The van der Waals surface area contributed by atoms with Crippen LogP contribution in [0, 0.1) is 16.7 Å². The van der Waals surface area contributed by atoms with Gasteiger partial charge in [0.2, 0.25) is 0 Å². The fraction of sp³-hybridized carbons (Fsp3) is 0.462. The van der Waals surface area contributed by atoms with Gasteiger partial charge in [-0.15, -0.1) is 0 Å². The first-order valence-corrected chi connectivity index (χ1v) is 5.97. The number of aliphatic hydroxyl groups excluding tert-OH is 1. The van der Waals surface area contributed by atoms with Crippen molar-refractivity contribution in [3.63, 3.8) is 0 Å². The quantitative estimate of drug-likeness (QED) is 0.849. The summed E-state index contributed by atoms with van der Waals surface area (Å²) < 4.78 is 0. The molecule has 0 aliphatic heterocycles. The lowest BCUT2D eigenvalue weighted by atomic mass is 9.64. The van der Waals surface area contributed by atoms with Gasteiger partial charge in [0.15, 0.2) is 0 Å². The van der Waals surface area contributed by atoms with Gasteiger partial charge in [-0.3, -0.25) is 0 Å². The summed E-state index contributed by atoms with van der Waals surface area (Å²) in [6.07, 6.45) is 0.429. The van der Waals surface area contributed by atoms with Crippen LogP contribution in [0.5, 0.6) is 0 Å². The normalized spacial score (nSPS) is 25.8. The van der Waals surface area contributed by atoms with Crippen molar-refractivity contribution < 1.29 is 5.11 Å². The average molecular weight is 251 g/mol. The van der Waals surface area contributed by atoms with E-state index >= 15 is 0 Å². The molecule has 0 saturated heterocycles. The van der Waals surface area contributed by atoms with Gasteiger partial charge < -0.3 is 10.4 Å². The molecular weight excluding hydrogens is 236 g/mol. The molecule has 4 heteroatoms. The standard InChI is InChI=1S/C13H15ClN2O/c1-13(2)11(6-12(13)17)16-10-4-3-9(14)5-8(10)7-15/h3-5,11-12,16-17H,6H2,1-2H3. The maximum Gasteiger partial charge on any atom is 0.101 e. The number of nitriles is 1. The third-order valence-corrected chi connectivity index (χ3v) is 3.88. The number of benzene rings is 1. The van der Waals surface area contributed by atoms with Crippen molar-refractivity contribution in [2.75, 3.05) is 5.32 Å². The zero-order valence-electron chi connectivity index (χ0n) is 9.87. The second-order valence-corrected chi connectivity index (χ2v) is 5.51. The van der Waals surface area contributed by atoms with Gasteiger partial charge in [-0.2, -0.15) is 5.26 Å². The maximum absolute atomic E-state index is 9.67. The lowest BCUT2D eigenvalue weighted by Gasteiger charge is -2.50. The summed E-state index contributed by atoms with van der Waals surface area (Å²) in [5.41, 5.74) is 1.16. The Labute approximate surface area is 106 Å². The van der Waals surface area contributed by atoms with Gasteiger partial charge in [0.1, 0.15) is 6.07 Å². The number of nitrogens with one attached hydrogen (secondary N) is 1. The van der Waals surface area contributed by atoms with Gasteiger partial charge >= 0.3 is 0 Å². The van der Waals surface area contributed by atoms with Gasteiger partial charge in [-0.05, 0) is 24.6 Å². The molecule has 1 fully saturated rings. The second kappa shape index (κ2) is 4.21. The van der Waals surface area contributed by atoms with E-state index in [0.717, 1.165) is 5.69 Å². The zero-order valence-corrected chi connectivity index (χ0v) is 10.6. The molecule has 2 atom stereocenters. The van der Waals surface area contributed by atoms with E-state index in [-0.39, 0.29) is 17.6 Å². The molecule has 0 aromatic heterocycles. The van der Waals surface area contributed by atoms with Gasteiger partial charge in [0.05, 0.1) is 17.4 Å². The number of hydrogen-bond acceptors (Lipinski definition) is 3. The monoisotopic (exact) mass is 250 g/mol. The van der Waals surface area contributed by atoms with E-state index < -0.39 is 0 Å². The van der Waals surface area contributed by atoms with E-state index in [1.807, 2.05) is 19.9 Å². The Morgan fingerprint density at radius 2 is 2.24 bits per heavy atom. The maximum atomic E-state index is 9.67. The summed E-state index contributed by atoms with van der Waals surface area (Å²) in [7, 11) is 0. The summed E-state index contributed by atoms with van der Waals surface area (Å²) in [6, 6.07) is 7.51. The minimum Gasteiger partial charge on any atom is -0.392 e. The van der Waals surface area contributed by atoms with Crippen LogP contribution in [0.15, 0.2) is 18.2 Å². The Kier molecular flexibility index (Phi) is 3.03. The smallest absolute Gasteiger partial charge is 0.101 e. The van der Waals surface area contributed by atoms with Crippen LogP contribution in [-0.4, -0.2) is 17.3 Å². The summed E-state index contributed by atoms with van der Waals surface area (Å²) >= 11 is 5.84. The highest BCUT2D eigenvalue weighted by Gasteiger charge is 2.47. The fourth-order valence-corrected chi connectivity index (χ4v) is 2.24. The van der Waals surface area contributed by atoms with Gasteiger partial charge in [-0.1, -0.05) is 25.4 Å². The first kappa shape index (κ1) is 12.2. The Bertz CT molecular complexity index is 479. The Balaban J connectivity index is 2.18. The summed E-state index contributed by atoms with van der Waals surface area (Å²) in [4.78, 5) is 0. The molecule has 1 aliphatic carbocycles. The third-order valence-electron chi connectivity index (χ3n) is 3.65. The van der Waals surface area contributed by atoms with Crippen molar-refractivity contribution >= 4 is 17.3 Å². The van der Waals surface area contributed by atoms with Crippen LogP contribution in [0.4, 0.5) is 5.69 Å². The highest BCUT2D eigenvalue weighted by Crippen LogP contribution is 2.42. The summed E-state index contributed by atoms with van der Waals surface area (Å²) in [5.74, 6) is 0. The fourth-order valence-electron chi connectivity index (χ4n) is 2.07. The first-order valence-electron chi connectivity index (χ1n) is 5.59. The molecule has 0 bridgehead atoms. The minimum absolute atomic E-state index is 0.160.